The maximum atomic E-state index is 10.5. The Morgan fingerprint density at radius 1 is 1.55 bits per heavy atom. The molecule has 0 amide bonds. The van der Waals surface area contributed by atoms with Gasteiger partial charge in [0, 0.05) is 5.92 Å². The fraction of sp³-hybridized carbons (Fsp3) is 0.889. The molecule has 0 radical (unpaired) electrons. The molecule has 2 unspecified atom stereocenters. The van der Waals surface area contributed by atoms with Crippen molar-refractivity contribution >= 4 is 6.29 Å². The molecule has 1 N–H and O–H groups in total. The van der Waals surface area contributed by atoms with Crippen molar-refractivity contribution in [3.63, 3.8) is 0 Å². The molecule has 0 saturated carbocycles. The van der Waals surface area contributed by atoms with E-state index in [4.69, 9.17) is 0 Å². The molecule has 66 valence electrons. The second-order valence-electron chi connectivity index (χ2n) is 3.26. The summed E-state index contributed by atoms with van der Waals surface area (Å²) in [6.45, 7) is 5.66. The zero-order valence-electron chi connectivity index (χ0n) is 7.63. The predicted octanol–water partition coefficient (Wildman–Crippen LogP) is 1.76. The fourth-order valence-electron chi connectivity index (χ4n) is 1.37. The Bertz CT molecular complexity index is 119. The van der Waals surface area contributed by atoms with Gasteiger partial charge in [0.15, 0.2) is 0 Å². The van der Waals surface area contributed by atoms with E-state index >= 15 is 0 Å². The number of aliphatic hydroxyl groups is 1. The van der Waals surface area contributed by atoms with E-state index in [2.05, 4.69) is 0 Å². The average Bonchev–Trinajstić information content (AvgIpc) is 1.89. The molecule has 0 rings (SSSR count). The highest BCUT2D eigenvalue weighted by molar-refractivity contribution is 5.55. The summed E-state index contributed by atoms with van der Waals surface area (Å²) in [6.07, 6.45) is 3.19. The van der Waals surface area contributed by atoms with E-state index in [0.717, 1.165) is 19.1 Å². The van der Waals surface area contributed by atoms with Crippen LogP contribution in [0.15, 0.2) is 0 Å². The molecule has 2 nitrogen and oxygen atoms in total. The van der Waals surface area contributed by atoms with Crippen LogP contribution in [0.2, 0.25) is 0 Å². The van der Waals surface area contributed by atoms with Crippen molar-refractivity contribution in [1.29, 1.82) is 0 Å². The second kappa shape index (κ2) is 4.50. The Morgan fingerprint density at radius 2 is 2.09 bits per heavy atom. The molecule has 0 heterocycles. The van der Waals surface area contributed by atoms with Crippen LogP contribution in [0, 0.1) is 5.92 Å². The molecule has 0 bridgehead atoms. The van der Waals surface area contributed by atoms with Crippen LogP contribution in [0.5, 0.6) is 0 Å². The summed E-state index contributed by atoms with van der Waals surface area (Å²) in [5.74, 6) is -0.206. The van der Waals surface area contributed by atoms with Gasteiger partial charge in [-0.3, -0.25) is 0 Å². The van der Waals surface area contributed by atoms with Crippen molar-refractivity contribution in [2.24, 2.45) is 5.92 Å². The molecule has 0 aromatic carbocycles. The van der Waals surface area contributed by atoms with E-state index in [-0.39, 0.29) is 5.92 Å². The highest BCUT2D eigenvalue weighted by Gasteiger charge is 2.28. The van der Waals surface area contributed by atoms with Crippen LogP contribution in [0.4, 0.5) is 0 Å². The Labute approximate surface area is 68.6 Å². The van der Waals surface area contributed by atoms with Crippen LogP contribution in [0.1, 0.15) is 40.0 Å². The van der Waals surface area contributed by atoms with Crippen LogP contribution in [0.25, 0.3) is 0 Å². The largest absolute Gasteiger partial charge is 0.389 e. The van der Waals surface area contributed by atoms with Gasteiger partial charge in [0.05, 0.1) is 5.60 Å². The van der Waals surface area contributed by atoms with E-state index in [0.29, 0.717) is 6.42 Å². The molecule has 2 heteroatoms. The third-order valence-corrected chi connectivity index (χ3v) is 2.16. The number of aldehydes is 1. The lowest BCUT2D eigenvalue weighted by Crippen LogP contribution is -2.34. The number of hydrogen-bond donors (Lipinski definition) is 1. The van der Waals surface area contributed by atoms with Crippen LogP contribution in [-0.4, -0.2) is 17.0 Å². The number of hydrogen-bond acceptors (Lipinski definition) is 2. The van der Waals surface area contributed by atoms with Crippen LogP contribution in [-0.2, 0) is 4.79 Å². The summed E-state index contributed by atoms with van der Waals surface area (Å²) in [4.78, 5) is 10.5. The minimum atomic E-state index is -0.800. The highest BCUT2D eigenvalue weighted by Crippen LogP contribution is 2.23. The average molecular weight is 158 g/mol. The van der Waals surface area contributed by atoms with Gasteiger partial charge in [-0.1, -0.05) is 20.3 Å². The van der Waals surface area contributed by atoms with Gasteiger partial charge >= 0.3 is 0 Å². The molecule has 0 saturated heterocycles. The molecule has 2 atom stereocenters. The van der Waals surface area contributed by atoms with Gasteiger partial charge < -0.3 is 9.90 Å². The van der Waals surface area contributed by atoms with Gasteiger partial charge in [-0.05, 0) is 19.8 Å². The van der Waals surface area contributed by atoms with Crippen LogP contribution >= 0.6 is 0 Å². The van der Waals surface area contributed by atoms with Crippen molar-refractivity contribution in [3.05, 3.63) is 0 Å². The van der Waals surface area contributed by atoms with Crippen molar-refractivity contribution in [2.75, 3.05) is 0 Å². The smallest absolute Gasteiger partial charge is 0.125 e. The lowest BCUT2D eigenvalue weighted by atomic mass is 9.85. The summed E-state index contributed by atoms with van der Waals surface area (Å²) >= 11 is 0. The Morgan fingerprint density at radius 3 is 2.36 bits per heavy atom. The first kappa shape index (κ1) is 10.6. The topological polar surface area (TPSA) is 37.3 Å². The van der Waals surface area contributed by atoms with E-state index in [1.807, 2.05) is 13.8 Å². The van der Waals surface area contributed by atoms with E-state index in [1.165, 1.54) is 0 Å². The molecule has 0 aliphatic rings. The molecule has 11 heavy (non-hydrogen) atoms. The monoisotopic (exact) mass is 158 g/mol. The predicted molar refractivity (Wildman–Crippen MR) is 45.4 cm³/mol. The molecule has 0 aliphatic carbocycles. The summed E-state index contributed by atoms with van der Waals surface area (Å²) in [5, 5.41) is 9.74. The first-order valence-electron chi connectivity index (χ1n) is 4.26. The fourth-order valence-corrected chi connectivity index (χ4v) is 1.37. The first-order chi connectivity index (χ1) is 5.08. The second-order valence-corrected chi connectivity index (χ2v) is 3.26. The number of carbonyl (C=O) groups excluding carboxylic acids is 1. The quantitative estimate of drug-likeness (QED) is 0.619. The molecule has 0 aromatic rings. The molecule has 0 spiro atoms. The molecule has 0 aliphatic heterocycles. The van der Waals surface area contributed by atoms with Gasteiger partial charge in [0.2, 0.25) is 0 Å². The van der Waals surface area contributed by atoms with Crippen molar-refractivity contribution in [1.82, 2.24) is 0 Å². The van der Waals surface area contributed by atoms with Crippen molar-refractivity contribution in [3.8, 4) is 0 Å². The van der Waals surface area contributed by atoms with Gasteiger partial charge in [0.1, 0.15) is 6.29 Å². The molecule has 0 aromatic heterocycles. The summed E-state index contributed by atoms with van der Waals surface area (Å²) in [5.41, 5.74) is -0.800. The zero-order valence-corrected chi connectivity index (χ0v) is 7.63. The van der Waals surface area contributed by atoms with Crippen LogP contribution in [0.3, 0.4) is 0 Å². The van der Waals surface area contributed by atoms with Crippen molar-refractivity contribution < 1.29 is 9.90 Å². The minimum Gasteiger partial charge on any atom is -0.389 e. The Hall–Kier alpha value is -0.370. The normalized spacial score (nSPS) is 18.9. The van der Waals surface area contributed by atoms with Gasteiger partial charge in [-0.2, -0.15) is 0 Å². The van der Waals surface area contributed by atoms with Gasteiger partial charge in [-0.15, -0.1) is 0 Å². The number of carbonyl (C=O) groups is 1. The molecule has 0 fully saturated rings. The minimum absolute atomic E-state index is 0.206. The highest BCUT2D eigenvalue weighted by atomic mass is 16.3. The maximum Gasteiger partial charge on any atom is 0.125 e. The lowest BCUT2D eigenvalue weighted by molar-refractivity contribution is -0.119. The third-order valence-electron chi connectivity index (χ3n) is 2.16. The first-order valence-corrected chi connectivity index (χ1v) is 4.26. The zero-order chi connectivity index (χ0) is 8.91. The Balaban J connectivity index is 4.11. The summed E-state index contributed by atoms with van der Waals surface area (Å²) in [7, 11) is 0. The number of rotatable bonds is 5. The van der Waals surface area contributed by atoms with Gasteiger partial charge in [-0.25, -0.2) is 0 Å². The van der Waals surface area contributed by atoms with E-state index in [1.54, 1.807) is 6.92 Å². The molecular formula is C9H18O2. The summed E-state index contributed by atoms with van der Waals surface area (Å²) < 4.78 is 0. The summed E-state index contributed by atoms with van der Waals surface area (Å²) in [6, 6.07) is 0. The Kier molecular flexibility index (Phi) is 4.34. The lowest BCUT2D eigenvalue weighted by Gasteiger charge is -2.27. The van der Waals surface area contributed by atoms with E-state index in [9.17, 15) is 9.90 Å². The standard InChI is InChI=1S/C9H18O2/c1-4-6-9(3,11)8(5-2)7-10/h7-8,11H,4-6H2,1-3H3. The van der Waals surface area contributed by atoms with Crippen LogP contribution < -0.4 is 0 Å². The SMILES string of the molecule is CCCC(C)(O)C(C=O)CC. The third kappa shape index (κ3) is 3.02. The van der Waals surface area contributed by atoms with Gasteiger partial charge in [0.25, 0.3) is 0 Å². The maximum absolute atomic E-state index is 10.5. The van der Waals surface area contributed by atoms with E-state index < -0.39 is 5.60 Å². The van der Waals surface area contributed by atoms with Crippen molar-refractivity contribution in [2.45, 2.75) is 45.6 Å². The molecular weight excluding hydrogens is 140 g/mol.